The van der Waals surface area contributed by atoms with Gasteiger partial charge in [-0.05, 0) is 55.5 Å². The van der Waals surface area contributed by atoms with Gasteiger partial charge in [0.05, 0.1) is 20.8 Å². The molecule has 0 fully saturated rings. The molecule has 0 atom stereocenters. The molecule has 0 aliphatic heterocycles. The number of rotatable bonds is 9. The largest absolute Gasteiger partial charge is 0.493 e. The van der Waals surface area contributed by atoms with Gasteiger partial charge in [0.2, 0.25) is 0 Å². The smallest absolute Gasteiger partial charge is 0.330 e. The van der Waals surface area contributed by atoms with Gasteiger partial charge in [0.25, 0.3) is 0 Å². The normalized spacial score (nSPS) is 10.6. The molecule has 0 saturated heterocycles. The summed E-state index contributed by atoms with van der Waals surface area (Å²) in [6.45, 7) is 2.57. The lowest BCUT2D eigenvalue weighted by atomic mass is 10.1. The first kappa shape index (κ1) is 18.7. The van der Waals surface area contributed by atoms with Crippen molar-refractivity contribution in [2.75, 3.05) is 20.8 Å². The molecule has 0 aliphatic rings. The second-order valence-electron chi connectivity index (χ2n) is 5.12. The lowest BCUT2D eigenvalue weighted by Gasteiger charge is -2.09. The lowest BCUT2D eigenvalue weighted by Crippen LogP contribution is -2.02. The monoisotopic (exact) mass is 320 g/mol. The molecule has 0 radical (unpaired) electrons. The number of benzene rings is 1. The fourth-order valence-electron chi connectivity index (χ4n) is 2.00. The Kier molecular flexibility index (Phi) is 8.50. The summed E-state index contributed by atoms with van der Waals surface area (Å²) < 4.78 is 14.9. The quantitative estimate of drug-likeness (QED) is 0.397. The highest BCUT2D eigenvalue weighted by Gasteiger charge is 2.02. The Morgan fingerprint density at radius 1 is 1.09 bits per heavy atom. The highest BCUT2D eigenvalue weighted by atomic mass is 16.5. The van der Waals surface area contributed by atoms with E-state index in [1.807, 2.05) is 25.1 Å². The van der Waals surface area contributed by atoms with Crippen molar-refractivity contribution < 1.29 is 23.8 Å². The number of aryl methyl sites for hydroxylation is 1. The third-order valence-corrected chi connectivity index (χ3v) is 3.32. The van der Waals surface area contributed by atoms with E-state index in [0.29, 0.717) is 13.0 Å². The minimum atomic E-state index is -0.380. The van der Waals surface area contributed by atoms with Gasteiger partial charge in [-0.25, -0.2) is 4.79 Å². The zero-order valence-electron chi connectivity index (χ0n) is 14.0. The molecule has 0 saturated carbocycles. The van der Waals surface area contributed by atoms with Crippen LogP contribution in [0.3, 0.4) is 0 Å². The highest BCUT2D eigenvalue weighted by Crippen LogP contribution is 2.20. The first-order chi connectivity index (χ1) is 11.1. The molecule has 23 heavy (non-hydrogen) atoms. The summed E-state index contributed by atoms with van der Waals surface area (Å²) in [6.07, 6.45) is 6.17. The molecule has 1 rings (SSSR count). The summed E-state index contributed by atoms with van der Waals surface area (Å²) in [6, 6.07) is 5.73. The molecule has 126 valence electrons. The molecule has 0 spiro atoms. The molecule has 5 heteroatoms. The molecule has 1 aromatic rings. The minimum Gasteiger partial charge on any atom is -0.493 e. The van der Waals surface area contributed by atoms with Crippen LogP contribution in [-0.2, 0) is 19.1 Å². The van der Waals surface area contributed by atoms with Crippen LogP contribution >= 0.6 is 0 Å². The van der Waals surface area contributed by atoms with Gasteiger partial charge in [-0.15, -0.1) is 0 Å². The standard InChI is InChI=1S/C18H24O5/c1-14-13-15(9-11-18(20)22-3)8-10-16(14)23-12-6-4-5-7-17(19)21-2/h8-11,13H,4-7,12H2,1-3H3/b11-9+. The molecule has 0 unspecified atom stereocenters. The maximum Gasteiger partial charge on any atom is 0.330 e. The number of methoxy groups -OCH3 is 2. The average Bonchev–Trinajstić information content (AvgIpc) is 2.56. The van der Waals surface area contributed by atoms with Crippen LogP contribution in [0.5, 0.6) is 5.75 Å². The average molecular weight is 320 g/mol. The molecule has 1 aromatic carbocycles. The van der Waals surface area contributed by atoms with Crippen LogP contribution in [0.15, 0.2) is 24.3 Å². The van der Waals surface area contributed by atoms with E-state index in [1.165, 1.54) is 20.3 Å². The number of esters is 2. The number of ether oxygens (including phenoxy) is 3. The first-order valence-corrected chi connectivity index (χ1v) is 7.63. The summed E-state index contributed by atoms with van der Waals surface area (Å²) in [4.78, 5) is 22.0. The van der Waals surface area contributed by atoms with Crippen molar-refractivity contribution in [3.05, 3.63) is 35.4 Å². The van der Waals surface area contributed by atoms with Gasteiger partial charge in [-0.2, -0.15) is 0 Å². The summed E-state index contributed by atoms with van der Waals surface area (Å²) in [7, 11) is 2.75. The lowest BCUT2D eigenvalue weighted by molar-refractivity contribution is -0.140. The summed E-state index contributed by atoms with van der Waals surface area (Å²) in [5.41, 5.74) is 1.92. The summed E-state index contributed by atoms with van der Waals surface area (Å²) in [5.74, 6) is 0.278. The maximum atomic E-state index is 11.1. The predicted molar refractivity (Wildman–Crippen MR) is 88.2 cm³/mol. The second-order valence-corrected chi connectivity index (χ2v) is 5.12. The van der Waals surface area contributed by atoms with Gasteiger partial charge in [-0.1, -0.05) is 6.07 Å². The van der Waals surface area contributed by atoms with E-state index >= 15 is 0 Å². The van der Waals surface area contributed by atoms with Crippen molar-refractivity contribution in [1.29, 1.82) is 0 Å². The predicted octanol–water partition coefficient (Wildman–Crippen LogP) is 3.29. The van der Waals surface area contributed by atoms with Crippen molar-refractivity contribution >= 4 is 18.0 Å². The third kappa shape index (κ3) is 7.49. The van der Waals surface area contributed by atoms with Crippen LogP contribution in [0.2, 0.25) is 0 Å². The van der Waals surface area contributed by atoms with Crippen molar-refractivity contribution in [2.24, 2.45) is 0 Å². The zero-order valence-corrected chi connectivity index (χ0v) is 14.0. The Labute approximate surface area is 137 Å². The Morgan fingerprint density at radius 3 is 2.52 bits per heavy atom. The van der Waals surface area contributed by atoms with E-state index < -0.39 is 0 Å². The van der Waals surface area contributed by atoms with Gasteiger partial charge in [-0.3, -0.25) is 4.79 Å². The molecule has 0 aromatic heterocycles. The minimum absolute atomic E-state index is 0.169. The number of hydrogen-bond acceptors (Lipinski definition) is 5. The Hall–Kier alpha value is -2.30. The fraction of sp³-hybridized carbons (Fsp3) is 0.444. The maximum absolute atomic E-state index is 11.1. The first-order valence-electron chi connectivity index (χ1n) is 7.63. The number of hydrogen-bond donors (Lipinski definition) is 0. The van der Waals surface area contributed by atoms with Crippen molar-refractivity contribution in [3.63, 3.8) is 0 Å². The Morgan fingerprint density at radius 2 is 1.87 bits per heavy atom. The number of unbranched alkanes of at least 4 members (excludes halogenated alkanes) is 2. The molecule has 0 bridgehead atoms. The molecular weight excluding hydrogens is 296 g/mol. The zero-order chi connectivity index (χ0) is 17.1. The van der Waals surface area contributed by atoms with Gasteiger partial charge in [0.15, 0.2) is 0 Å². The van der Waals surface area contributed by atoms with Gasteiger partial charge in [0, 0.05) is 12.5 Å². The number of carbonyl (C=O) groups is 2. The molecule has 0 amide bonds. The van der Waals surface area contributed by atoms with Gasteiger partial charge in [0.1, 0.15) is 5.75 Å². The second kappa shape index (κ2) is 10.4. The van der Waals surface area contributed by atoms with E-state index in [4.69, 9.17) is 4.74 Å². The van der Waals surface area contributed by atoms with E-state index in [1.54, 1.807) is 6.08 Å². The Balaban J connectivity index is 2.36. The van der Waals surface area contributed by atoms with Crippen molar-refractivity contribution in [3.8, 4) is 5.75 Å². The SMILES string of the molecule is COC(=O)/C=C/c1ccc(OCCCCCC(=O)OC)c(C)c1. The van der Waals surface area contributed by atoms with E-state index in [9.17, 15) is 9.59 Å². The fourth-order valence-corrected chi connectivity index (χ4v) is 2.00. The molecule has 0 heterocycles. The van der Waals surface area contributed by atoms with Crippen LogP contribution in [0.25, 0.3) is 6.08 Å². The topological polar surface area (TPSA) is 61.8 Å². The molecular formula is C18H24O5. The summed E-state index contributed by atoms with van der Waals surface area (Å²) >= 11 is 0. The van der Waals surface area contributed by atoms with Crippen LogP contribution < -0.4 is 4.74 Å². The third-order valence-electron chi connectivity index (χ3n) is 3.32. The van der Waals surface area contributed by atoms with E-state index in [-0.39, 0.29) is 11.9 Å². The van der Waals surface area contributed by atoms with Crippen molar-refractivity contribution in [1.82, 2.24) is 0 Å². The van der Waals surface area contributed by atoms with Crippen LogP contribution in [-0.4, -0.2) is 32.8 Å². The van der Waals surface area contributed by atoms with Crippen LogP contribution in [0.1, 0.15) is 36.8 Å². The van der Waals surface area contributed by atoms with Gasteiger partial charge < -0.3 is 14.2 Å². The molecule has 0 aliphatic carbocycles. The van der Waals surface area contributed by atoms with E-state index in [0.717, 1.165) is 36.1 Å². The molecule has 0 N–H and O–H groups in total. The van der Waals surface area contributed by atoms with E-state index in [2.05, 4.69) is 9.47 Å². The van der Waals surface area contributed by atoms with Crippen molar-refractivity contribution in [2.45, 2.75) is 32.6 Å². The van der Waals surface area contributed by atoms with Gasteiger partial charge >= 0.3 is 11.9 Å². The highest BCUT2D eigenvalue weighted by molar-refractivity contribution is 5.86. The summed E-state index contributed by atoms with van der Waals surface area (Å²) in [5, 5.41) is 0. The van der Waals surface area contributed by atoms with Crippen LogP contribution in [0.4, 0.5) is 0 Å². The van der Waals surface area contributed by atoms with Crippen LogP contribution in [0, 0.1) is 6.92 Å². The molecule has 5 nitrogen and oxygen atoms in total. The Bertz CT molecular complexity index is 548. The number of carbonyl (C=O) groups excluding carboxylic acids is 2.